The van der Waals surface area contributed by atoms with Gasteiger partial charge in [-0.1, -0.05) is 25.2 Å². The second-order valence-electron chi connectivity index (χ2n) is 2.73. The molecule has 0 radical (unpaired) electrons. The van der Waals surface area contributed by atoms with Crippen molar-refractivity contribution in [2.75, 3.05) is 0 Å². The van der Waals surface area contributed by atoms with Crippen molar-refractivity contribution in [3.63, 3.8) is 0 Å². The van der Waals surface area contributed by atoms with Crippen molar-refractivity contribution in [2.45, 2.75) is 18.9 Å². The van der Waals surface area contributed by atoms with E-state index in [0.29, 0.717) is 17.2 Å². The Balaban J connectivity index is 2.51. The van der Waals surface area contributed by atoms with Crippen molar-refractivity contribution in [3.05, 3.63) is 23.1 Å². The molecule has 0 amide bonds. The fraction of sp³-hybridized carbons (Fsp3) is 0.500. The highest BCUT2D eigenvalue weighted by molar-refractivity contribution is 8.04. The molecular formula is C8H9F3S. The maximum Gasteiger partial charge on any atom is 0.446 e. The lowest BCUT2D eigenvalue weighted by Gasteiger charge is -2.12. The van der Waals surface area contributed by atoms with E-state index in [9.17, 15) is 13.2 Å². The van der Waals surface area contributed by atoms with Gasteiger partial charge in [0.05, 0.1) is 0 Å². The Morgan fingerprint density at radius 3 is 2.58 bits per heavy atom. The molecule has 0 aromatic heterocycles. The Hall–Kier alpha value is -0.380. The molecule has 0 bridgehead atoms. The molecule has 1 atom stereocenters. The minimum atomic E-state index is -4.16. The number of hydrogen-bond donors (Lipinski definition) is 0. The van der Waals surface area contributed by atoms with Gasteiger partial charge in [0.1, 0.15) is 0 Å². The van der Waals surface area contributed by atoms with Gasteiger partial charge in [-0.15, -0.1) is 0 Å². The molecule has 0 spiro atoms. The van der Waals surface area contributed by atoms with Crippen LogP contribution in [0.15, 0.2) is 23.1 Å². The summed E-state index contributed by atoms with van der Waals surface area (Å²) in [6, 6.07) is 0. The Kier molecular flexibility index (Phi) is 2.88. The van der Waals surface area contributed by atoms with E-state index in [1.165, 1.54) is 6.08 Å². The van der Waals surface area contributed by atoms with Crippen molar-refractivity contribution < 1.29 is 13.2 Å². The molecule has 0 saturated heterocycles. The summed E-state index contributed by atoms with van der Waals surface area (Å²) in [6.07, 6.45) is 5.66. The van der Waals surface area contributed by atoms with E-state index in [1.807, 2.05) is 6.92 Å². The zero-order valence-electron chi connectivity index (χ0n) is 6.56. The van der Waals surface area contributed by atoms with E-state index < -0.39 is 5.51 Å². The summed E-state index contributed by atoms with van der Waals surface area (Å²) in [7, 11) is 0. The van der Waals surface area contributed by atoms with E-state index in [-0.39, 0.29) is 11.8 Å². The molecule has 12 heavy (non-hydrogen) atoms. The van der Waals surface area contributed by atoms with Crippen LogP contribution in [0.4, 0.5) is 13.2 Å². The molecule has 0 nitrogen and oxygen atoms in total. The highest BCUT2D eigenvalue weighted by Crippen LogP contribution is 2.38. The highest BCUT2D eigenvalue weighted by atomic mass is 32.2. The van der Waals surface area contributed by atoms with Crippen LogP contribution in [0, 0.1) is 5.92 Å². The first-order valence-corrected chi connectivity index (χ1v) is 4.43. The number of hydrogen-bond acceptors (Lipinski definition) is 1. The first-order valence-electron chi connectivity index (χ1n) is 3.61. The van der Waals surface area contributed by atoms with Crippen molar-refractivity contribution in [1.29, 1.82) is 0 Å². The Labute approximate surface area is 73.5 Å². The van der Waals surface area contributed by atoms with Crippen LogP contribution < -0.4 is 0 Å². The standard InChI is InChI=1S/C8H9F3S/c1-6-2-4-7(5-3-6)12-8(9,10)11/h2,4-6H,3H2,1H3. The van der Waals surface area contributed by atoms with Gasteiger partial charge in [0.15, 0.2) is 0 Å². The van der Waals surface area contributed by atoms with Crippen LogP contribution in [-0.4, -0.2) is 5.51 Å². The number of allylic oxidation sites excluding steroid dienone is 3. The lowest BCUT2D eigenvalue weighted by molar-refractivity contribution is -0.0321. The smallest absolute Gasteiger partial charge is 0.160 e. The van der Waals surface area contributed by atoms with Crippen LogP contribution in [0.3, 0.4) is 0 Å². The average Bonchev–Trinajstić information content (AvgIpc) is 1.91. The Morgan fingerprint density at radius 1 is 1.50 bits per heavy atom. The zero-order chi connectivity index (χ0) is 9.19. The highest BCUT2D eigenvalue weighted by Gasteiger charge is 2.29. The molecule has 1 aliphatic rings. The summed E-state index contributed by atoms with van der Waals surface area (Å²) < 4.78 is 35.5. The molecule has 4 heteroatoms. The van der Waals surface area contributed by atoms with E-state index in [0.717, 1.165) is 0 Å². The van der Waals surface area contributed by atoms with Gasteiger partial charge >= 0.3 is 5.51 Å². The summed E-state index contributed by atoms with van der Waals surface area (Å²) in [5, 5.41) is 0. The van der Waals surface area contributed by atoms with Gasteiger partial charge in [-0.05, 0) is 24.1 Å². The topological polar surface area (TPSA) is 0 Å². The molecule has 0 aliphatic heterocycles. The lowest BCUT2D eigenvalue weighted by atomic mass is 10.0. The van der Waals surface area contributed by atoms with Crippen molar-refractivity contribution in [1.82, 2.24) is 0 Å². The number of halogens is 3. The summed E-state index contributed by atoms with van der Waals surface area (Å²) in [4.78, 5) is 0.306. The quantitative estimate of drug-likeness (QED) is 0.613. The van der Waals surface area contributed by atoms with Gasteiger partial charge in [0.2, 0.25) is 0 Å². The van der Waals surface area contributed by atoms with E-state index >= 15 is 0 Å². The molecular weight excluding hydrogens is 185 g/mol. The minimum Gasteiger partial charge on any atom is -0.160 e. The van der Waals surface area contributed by atoms with E-state index in [1.54, 1.807) is 12.2 Å². The largest absolute Gasteiger partial charge is 0.446 e. The van der Waals surface area contributed by atoms with E-state index in [2.05, 4.69) is 0 Å². The van der Waals surface area contributed by atoms with Crippen molar-refractivity contribution in [3.8, 4) is 0 Å². The monoisotopic (exact) mass is 194 g/mol. The molecule has 0 heterocycles. The van der Waals surface area contributed by atoms with Gasteiger partial charge in [-0.25, -0.2) is 0 Å². The van der Waals surface area contributed by atoms with Gasteiger partial charge in [-0.2, -0.15) is 13.2 Å². The molecule has 0 saturated carbocycles. The number of thioether (sulfide) groups is 1. The first-order chi connectivity index (χ1) is 5.47. The van der Waals surface area contributed by atoms with Crippen LogP contribution in [0.5, 0.6) is 0 Å². The molecule has 1 aliphatic carbocycles. The second-order valence-corrected chi connectivity index (χ2v) is 3.86. The SMILES string of the molecule is CC1C=CC(SC(F)(F)F)=CC1. The molecule has 0 aromatic carbocycles. The van der Waals surface area contributed by atoms with Crippen molar-refractivity contribution >= 4 is 11.8 Å². The average molecular weight is 194 g/mol. The maximum absolute atomic E-state index is 11.8. The summed E-state index contributed by atoms with van der Waals surface area (Å²) in [6.45, 7) is 1.97. The summed E-state index contributed by atoms with van der Waals surface area (Å²) >= 11 is -0.0460. The maximum atomic E-state index is 11.8. The van der Waals surface area contributed by atoms with Crippen LogP contribution in [0.2, 0.25) is 0 Å². The summed E-state index contributed by atoms with van der Waals surface area (Å²) in [5.74, 6) is 0.364. The number of rotatable bonds is 1. The molecule has 0 fully saturated rings. The van der Waals surface area contributed by atoms with Crippen LogP contribution in [-0.2, 0) is 0 Å². The molecule has 1 rings (SSSR count). The van der Waals surface area contributed by atoms with Crippen LogP contribution >= 0.6 is 11.8 Å². The molecule has 1 unspecified atom stereocenters. The normalized spacial score (nSPS) is 24.0. The van der Waals surface area contributed by atoms with Gasteiger partial charge in [-0.3, -0.25) is 0 Å². The van der Waals surface area contributed by atoms with Crippen molar-refractivity contribution in [2.24, 2.45) is 5.92 Å². The van der Waals surface area contributed by atoms with Gasteiger partial charge in [0.25, 0.3) is 0 Å². The van der Waals surface area contributed by atoms with Gasteiger partial charge in [0, 0.05) is 4.91 Å². The third kappa shape index (κ3) is 3.34. The first kappa shape index (κ1) is 9.71. The Morgan fingerprint density at radius 2 is 2.17 bits per heavy atom. The third-order valence-electron chi connectivity index (χ3n) is 1.51. The van der Waals surface area contributed by atoms with Gasteiger partial charge < -0.3 is 0 Å². The Bertz CT molecular complexity index is 215. The molecule has 0 N–H and O–H groups in total. The number of alkyl halides is 3. The fourth-order valence-corrected chi connectivity index (χ4v) is 1.51. The lowest BCUT2D eigenvalue weighted by Crippen LogP contribution is -2.01. The summed E-state index contributed by atoms with van der Waals surface area (Å²) in [5.41, 5.74) is -4.16. The predicted octanol–water partition coefficient (Wildman–Crippen LogP) is 3.72. The third-order valence-corrected chi connectivity index (χ3v) is 2.28. The molecule has 68 valence electrons. The second kappa shape index (κ2) is 3.56. The zero-order valence-corrected chi connectivity index (χ0v) is 7.38. The minimum absolute atomic E-state index is 0.0460. The van der Waals surface area contributed by atoms with E-state index in [4.69, 9.17) is 0 Å². The molecule has 0 aromatic rings. The fourth-order valence-electron chi connectivity index (χ4n) is 0.917. The van der Waals surface area contributed by atoms with Crippen LogP contribution in [0.1, 0.15) is 13.3 Å². The van der Waals surface area contributed by atoms with Crippen LogP contribution in [0.25, 0.3) is 0 Å². The predicted molar refractivity (Wildman–Crippen MR) is 44.7 cm³/mol.